The van der Waals surface area contributed by atoms with Crippen LogP contribution in [0.25, 0.3) is 0 Å². The van der Waals surface area contributed by atoms with E-state index in [2.05, 4.69) is 0 Å². The van der Waals surface area contributed by atoms with Crippen LogP contribution in [0.3, 0.4) is 0 Å². The summed E-state index contributed by atoms with van der Waals surface area (Å²) in [5.41, 5.74) is 0. The predicted octanol–water partition coefficient (Wildman–Crippen LogP) is -1.29. The van der Waals surface area contributed by atoms with Gasteiger partial charge in [0.15, 0.2) is 17.4 Å². The Morgan fingerprint density at radius 1 is 1.57 bits per heavy atom. The summed E-state index contributed by atoms with van der Waals surface area (Å²) in [5.74, 6) is -0.201. The van der Waals surface area contributed by atoms with Gasteiger partial charge in [0.05, 0.1) is 5.75 Å². The highest BCUT2D eigenvalue weighted by atomic mass is 32.2. The van der Waals surface area contributed by atoms with Crippen molar-refractivity contribution in [1.82, 2.24) is 0 Å². The summed E-state index contributed by atoms with van der Waals surface area (Å²) in [5, 5.41) is 0. The first-order valence-electron chi connectivity index (χ1n) is 1.51. The Bertz CT molecular complexity index is 115. The highest BCUT2D eigenvalue weighted by molar-refractivity contribution is 7.85. The molecule has 0 rings (SSSR count). The molecule has 0 aliphatic carbocycles. The third-order valence-electron chi connectivity index (χ3n) is 0.365. The van der Waals surface area contributed by atoms with Gasteiger partial charge in [0.25, 0.3) is 10.1 Å². The summed E-state index contributed by atoms with van der Waals surface area (Å²) in [7, 11) is -3.66. The van der Waals surface area contributed by atoms with Gasteiger partial charge in [0.1, 0.15) is 0 Å². The van der Waals surface area contributed by atoms with Gasteiger partial charge in [-0.25, -0.2) is 0 Å². The van der Waals surface area contributed by atoms with Crippen molar-refractivity contribution in [2.45, 2.75) is 6.92 Å². The van der Waals surface area contributed by atoms with Gasteiger partial charge >= 0.3 is 0 Å². The molecule has 0 aliphatic heterocycles. The van der Waals surface area contributed by atoms with Crippen LogP contribution in [0, 0.1) is 0 Å². The molecule has 0 aromatic rings. The van der Waals surface area contributed by atoms with Crippen LogP contribution in [-0.4, -0.2) is 36.1 Å². The van der Waals surface area contributed by atoms with Gasteiger partial charge in [0.2, 0.25) is 0 Å². The topological polar surface area (TPSA) is 54.4 Å². The van der Waals surface area contributed by atoms with Crippen LogP contribution in [0.4, 0.5) is 0 Å². The lowest BCUT2D eigenvalue weighted by atomic mass is 11.0. The molecule has 0 aromatic carbocycles. The van der Waals surface area contributed by atoms with E-state index in [0.717, 1.165) is 0 Å². The van der Waals surface area contributed by atoms with Crippen molar-refractivity contribution < 1.29 is 13.0 Å². The molecule has 0 aliphatic rings. The minimum atomic E-state index is -3.66. The van der Waals surface area contributed by atoms with E-state index in [9.17, 15) is 8.42 Å². The van der Waals surface area contributed by atoms with E-state index < -0.39 is 10.1 Å². The lowest BCUT2D eigenvalue weighted by Gasteiger charge is -1.79. The minimum absolute atomic E-state index is 0. The summed E-state index contributed by atoms with van der Waals surface area (Å²) < 4.78 is 26.9. The van der Waals surface area contributed by atoms with Gasteiger partial charge < -0.3 is 0 Å². The van der Waals surface area contributed by atoms with Crippen molar-refractivity contribution >= 4 is 27.5 Å². The van der Waals surface area contributed by atoms with Crippen LogP contribution in [0.15, 0.2) is 0 Å². The molecule has 7 heavy (non-hydrogen) atoms. The first kappa shape index (κ1) is 10.4. The Morgan fingerprint density at radius 2 is 1.71 bits per heavy atom. The Hall–Kier alpha value is 0.442. The maximum Gasteiger partial charge on any atom is 0.264 e. The summed E-state index contributed by atoms with van der Waals surface area (Å²) in [6, 6.07) is 0. The lowest BCUT2D eigenvalue weighted by Crippen LogP contribution is -1.97. The van der Waals surface area contributed by atoms with Crippen LogP contribution in [0.2, 0.25) is 0 Å². The zero-order valence-electron chi connectivity index (χ0n) is 3.38. The Kier molecular flexibility index (Phi) is 5.13. The van der Waals surface area contributed by atoms with E-state index in [1.165, 1.54) is 6.92 Å². The molecule has 5 heteroatoms. The molecule has 44 valence electrons. The fourth-order valence-corrected chi connectivity index (χ4v) is 0. The Labute approximate surface area is 53.6 Å². The van der Waals surface area contributed by atoms with Crippen molar-refractivity contribution in [3.63, 3.8) is 0 Å². The molecular weight excluding hydrogens is 131 g/mol. The smallest absolute Gasteiger partial charge is 0.264 e. The second kappa shape index (κ2) is 3.45. The molecule has 0 fully saturated rings. The second-order valence-corrected chi connectivity index (χ2v) is 2.61. The maximum absolute atomic E-state index is 9.56. The summed E-state index contributed by atoms with van der Waals surface area (Å²) in [6.07, 6.45) is 0. The van der Waals surface area contributed by atoms with Crippen molar-refractivity contribution in [2.75, 3.05) is 5.75 Å². The highest BCUT2D eigenvalue weighted by Gasteiger charge is 1.93. The molecule has 0 saturated carbocycles. The fraction of sp³-hybridized carbons (Fsp3) is 1.00. The van der Waals surface area contributed by atoms with Gasteiger partial charge in [-0.3, -0.25) is 4.55 Å². The lowest BCUT2D eigenvalue weighted by molar-refractivity contribution is 0.484. The van der Waals surface area contributed by atoms with Crippen LogP contribution in [0.5, 0.6) is 0 Å². The first-order valence-corrected chi connectivity index (χ1v) is 3.12. The van der Waals surface area contributed by atoms with E-state index >= 15 is 0 Å². The maximum atomic E-state index is 9.56. The molecule has 0 radical (unpaired) electrons. The van der Waals surface area contributed by atoms with E-state index in [1.54, 1.807) is 0 Å². The molecule has 0 amide bonds. The largest absolute Gasteiger partial charge is 0.286 e. The molecule has 1 N–H and O–H groups in total. The van der Waals surface area contributed by atoms with Crippen LogP contribution < -0.4 is 0 Å². The molecule has 0 bridgehead atoms. The summed E-state index contributed by atoms with van der Waals surface area (Å²) in [4.78, 5) is 0. The third kappa shape index (κ3) is 10.7. The van der Waals surface area contributed by atoms with Crippen LogP contribution in [0.1, 0.15) is 6.92 Å². The van der Waals surface area contributed by atoms with Gasteiger partial charge in [-0.2, -0.15) is 8.42 Å². The highest BCUT2D eigenvalue weighted by Crippen LogP contribution is 1.74. The predicted molar refractivity (Wildman–Crippen MR) is 32.0 cm³/mol. The molecule has 3 nitrogen and oxygen atoms in total. The minimum Gasteiger partial charge on any atom is -0.286 e. The van der Waals surface area contributed by atoms with Crippen molar-refractivity contribution in [3.8, 4) is 0 Å². The first-order chi connectivity index (χ1) is 2.56. The summed E-state index contributed by atoms with van der Waals surface area (Å²) >= 11 is 0. The zero-order chi connectivity index (χ0) is 5.21. The van der Waals surface area contributed by atoms with E-state index in [0.29, 0.717) is 0 Å². The normalized spacial score (nSPS) is 10.0. The monoisotopic (exact) mass is 140 g/mol. The van der Waals surface area contributed by atoms with Crippen molar-refractivity contribution in [3.05, 3.63) is 0 Å². The van der Waals surface area contributed by atoms with Crippen molar-refractivity contribution in [2.24, 2.45) is 0 Å². The molecule has 0 spiro atoms. The number of hydrogen-bond donors (Lipinski definition) is 1. The second-order valence-electron chi connectivity index (χ2n) is 0.871. The third-order valence-corrected chi connectivity index (χ3v) is 1.09. The average Bonchev–Trinajstić information content (AvgIpc) is 1.35. The molecule has 0 aromatic heterocycles. The van der Waals surface area contributed by atoms with Crippen LogP contribution in [-0.2, 0) is 10.1 Å². The van der Waals surface area contributed by atoms with Crippen LogP contribution >= 0.6 is 0 Å². The van der Waals surface area contributed by atoms with E-state index in [4.69, 9.17) is 4.55 Å². The van der Waals surface area contributed by atoms with Gasteiger partial charge in [-0.05, 0) is 6.92 Å². The standard InChI is InChI=1S/C2H6O3S.Al.3H/c1-2-6(3,4)5;;;;/h2H2,1H3,(H,3,4,5);;;;. The quantitative estimate of drug-likeness (QED) is 0.364. The molecular formula is C2H9AlO3S. The molecule has 0 saturated heterocycles. The van der Waals surface area contributed by atoms with Gasteiger partial charge in [0, 0.05) is 0 Å². The Balaban J connectivity index is 0. The van der Waals surface area contributed by atoms with E-state index in [1.807, 2.05) is 0 Å². The molecule has 0 atom stereocenters. The zero-order valence-corrected chi connectivity index (χ0v) is 4.20. The SMILES string of the molecule is CCS(=O)(=O)O.[AlH3]. The molecule has 0 heterocycles. The summed E-state index contributed by atoms with van der Waals surface area (Å²) in [6.45, 7) is 1.37. The van der Waals surface area contributed by atoms with Gasteiger partial charge in [-0.1, -0.05) is 0 Å². The Morgan fingerprint density at radius 3 is 1.71 bits per heavy atom. The molecule has 0 unspecified atom stereocenters. The fourth-order valence-electron chi connectivity index (χ4n) is 0. The van der Waals surface area contributed by atoms with Gasteiger partial charge in [-0.15, -0.1) is 0 Å². The van der Waals surface area contributed by atoms with Crippen molar-refractivity contribution in [1.29, 1.82) is 0 Å². The number of hydrogen-bond acceptors (Lipinski definition) is 2. The van der Waals surface area contributed by atoms with E-state index in [-0.39, 0.29) is 23.1 Å². The number of rotatable bonds is 1. The average molecular weight is 140 g/mol.